The summed E-state index contributed by atoms with van der Waals surface area (Å²) in [6.45, 7) is 9.01. The largest absolute Gasteiger partial charge is 0.357 e. The Balaban J connectivity index is 0.00000117. The molecule has 0 aliphatic heterocycles. The van der Waals surface area contributed by atoms with Crippen molar-refractivity contribution < 1.29 is 4.79 Å². The molecule has 0 amide bonds. The van der Waals surface area contributed by atoms with Crippen molar-refractivity contribution >= 4 is 35.5 Å². The minimum absolute atomic E-state index is 0.0284. The first-order valence-electron chi connectivity index (χ1n) is 8.54. The molecule has 26 heavy (non-hydrogen) atoms. The van der Waals surface area contributed by atoms with Crippen LogP contribution in [0, 0.1) is 0 Å². The highest BCUT2D eigenvalue weighted by atomic mass is 32.1. The van der Waals surface area contributed by atoms with Crippen molar-refractivity contribution in [1.82, 2.24) is 9.97 Å². The lowest BCUT2D eigenvalue weighted by molar-refractivity contribution is 0.104. The minimum Gasteiger partial charge on any atom is -0.357 e. The van der Waals surface area contributed by atoms with Gasteiger partial charge in [0.1, 0.15) is 0 Å². The van der Waals surface area contributed by atoms with Crippen molar-refractivity contribution in [2.75, 3.05) is 18.6 Å². The molecule has 0 radical (unpaired) electrons. The average Bonchev–Trinajstić information content (AvgIpc) is 3.17. The first-order valence-corrected chi connectivity index (χ1v) is 11.6. The van der Waals surface area contributed by atoms with Crippen molar-refractivity contribution in [1.29, 1.82) is 0 Å². The van der Waals surface area contributed by atoms with Crippen LogP contribution in [0.5, 0.6) is 0 Å². The van der Waals surface area contributed by atoms with E-state index in [2.05, 4.69) is 34.7 Å². The number of anilines is 1. The van der Waals surface area contributed by atoms with Crippen LogP contribution in [0.3, 0.4) is 0 Å². The fraction of sp³-hybridized carbons (Fsp3) is 0.250. The third-order valence-electron chi connectivity index (χ3n) is 3.52. The van der Waals surface area contributed by atoms with Gasteiger partial charge in [-0.25, -0.2) is 4.98 Å². The molecule has 0 aliphatic rings. The molecule has 0 bridgehead atoms. The van der Waals surface area contributed by atoms with E-state index in [-0.39, 0.29) is 13.7 Å². The third kappa shape index (κ3) is 5.45. The summed E-state index contributed by atoms with van der Waals surface area (Å²) in [4.78, 5) is 21.7. The summed E-state index contributed by atoms with van der Waals surface area (Å²) in [5, 5.41) is 5.21. The van der Waals surface area contributed by atoms with Crippen LogP contribution in [0.15, 0.2) is 55.0 Å². The van der Waals surface area contributed by atoms with Crippen LogP contribution in [0.1, 0.15) is 34.6 Å². The van der Waals surface area contributed by atoms with Gasteiger partial charge >= 0.3 is 0 Å². The van der Waals surface area contributed by atoms with E-state index in [0.717, 1.165) is 16.3 Å². The van der Waals surface area contributed by atoms with Crippen LogP contribution in [-0.4, -0.2) is 29.1 Å². The Bertz CT molecular complexity index is 834. The summed E-state index contributed by atoms with van der Waals surface area (Å²) in [7, 11) is -0.214. The van der Waals surface area contributed by atoms with Crippen LogP contribution in [0.2, 0.25) is 0 Å². The highest BCUT2D eigenvalue weighted by Gasteiger charge is 2.14. The number of thiazole rings is 1. The number of carbonyl (C=O) groups excluding carboxylic acids is 1. The number of aromatic nitrogens is 2. The minimum atomic E-state index is -0.214. The van der Waals surface area contributed by atoms with E-state index in [4.69, 9.17) is 0 Å². The quantitative estimate of drug-likeness (QED) is 0.490. The number of rotatable bonds is 6. The van der Waals surface area contributed by atoms with Crippen molar-refractivity contribution in [3.63, 3.8) is 0 Å². The second-order valence-corrected chi connectivity index (χ2v) is 8.85. The molecule has 1 aromatic carbocycles. The van der Waals surface area contributed by atoms with Crippen LogP contribution in [-0.2, 0) is 6.54 Å². The molecule has 0 unspecified atom stereocenters. The van der Waals surface area contributed by atoms with Gasteiger partial charge in [-0.1, -0.05) is 57.4 Å². The maximum atomic E-state index is 12.6. The molecule has 1 N–H and O–H groups in total. The number of ketones is 1. The summed E-state index contributed by atoms with van der Waals surface area (Å²) in [5.74, 6) is 0.0284. The normalized spacial score (nSPS) is 10.2. The number of nitrogens with one attached hydrogen (secondary N) is 1. The van der Waals surface area contributed by atoms with Crippen molar-refractivity contribution in [3.8, 4) is 0 Å². The lowest BCUT2D eigenvalue weighted by Crippen LogP contribution is -2.05. The molecule has 4 nitrogen and oxygen atoms in total. The van der Waals surface area contributed by atoms with Gasteiger partial charge in [0.25, 0.3) is 0 Å². The topological polar surface area (TPSA) is 54.9 Å². The van der Waals surface area contributed by atoms with Gasteiger partial charge < -0.3 is 5.32 Å². The van der Waals surface area contributed by atoms with E-state index < -0.39 is 0 Å². The molecule has 6 heteroatoms. The lowest BCUT2D eigenvalue weighted by Gasteiger charge is -2.07. The molecule has 0 atom stereocenters. The predicted octanol–water partition coefficient (Wildman–Crippen LogP) is 4.77. The van der Waals surface area contributed by atoms with Gasteiger partial charge in [-0.05, 0) is 36.3 Å². The molecule has 0 saturated carbocycles. The number of hydrogen-bond donors (Lipinski definition) is 1. The highest BCUT2D eigenvalue weighted by Crippen LogP contribution is 2.25. The molecule has 2 heterocycles. The van der Waals surface area contributed by atoms with Gasteiger partial charge in [-0.15, -0.1) is 0 Å². The monoisotopic (exact) mass is 385 g/mol. The zero-order valence-electron chi connectivity index (χ0n) is 15.6. The molecule has 2 aromatic heterocycles. The molecule has 3 aromatic rings. The Morgan fingerprint density at radius 1 is 1.15 bits per heavy atom. The zero-order valence-corrected chi connectivity index (χ0v) is 17.3. The number of nitrogens with zero attached hydrogens (tertiary/aromatic N) is 2. The van der Waals surface area contributed by atoms with E-state index in [9.17, 15) is 4.79 Å². The summed E-state index contributed by atoms with van der Waals surface area (Å²) in [6, 6.07) is 11.8. The van der Waals surface area contributed by atoms with Gasteiger partial charge in [-0.3, -0.25) is 9.78 Å². The fourth-order valence-electron chi connectivity index (χ4n) is 2.21. The smallest absolute Gasteiger partial charge is 0.204 e. The van der Waals surface area contributed by atoms with Gasteiger partial charge in [0, 0.05) is 24.5 Å². The van der Waals surface area contributed by atoms with E-state index in [1.54, 1.807) is 12.4 Å². The summed E-state index contributed by atoms with van der Waals surface area (Å²) >= 11 is 1.38. The van der Waals surface area contributed by atoms with Crippen LogP contribution in [0.25, 0.3) is 0 Å². The number of benzene rings is 1. The number of pyridine rings is 1. The standard InChI is InChI=1S/C18H18N3OPS.C2H6/c1-23(2)15-7-3-6-14(9-15)17(22)16-12-21-18(24-16)20-11-13-5-4-8-19-10-13;1-2/h3-10,12H,11H2,1-2H3,(H,20,21);1-2H3. The molecule has 0 fully saturated rings. The van der Waals surface area contributed by atoms with Crippen LogP contribution >= 0.6 is 19.3 Å². The molecular formula is C20H24N3OPS. The fourth-order valence-corrected chi connectivity index (χ4v) is 3.76. The summed E-state index contributed by atoms with van der Waals surface area (Å²) < 4.78 is 0. The van der Waals surface area contributed by atoms with Crippen molar-refractivity contribution in [2.45, 2.75) is 20.4 Å². The number of hydrogen-bond acceptors (Lipinski definition) is 5. The third-order valence-corrected chi connectivity index (χ3v) is 5.79. The van der Waals surface area contributed by atoms with Gasteiger partial charge in [0.05, 0.1) is 11.1 Å². The van der Waals surface area contributed by atoms with Gasteiger partial charge in [0.15, 0.2) is 5.13 Å². The Morgan fingerprint density at radius 2 is 1.96 bits per heavy atom. The Morgan fingerprint density at radius 3 is 2.65 bits per heavy atom. The van der Waals surface area contributed by atoms with Gasteiger partial charge in [0.2, 0.25) is 5.78 Å². The molecule has 0 aliphatic carbocycles. The highest BCUT2D eigenvalue weighted by molar-refractivity contribution is 7.64. The van der Waals surface area contributed by atoms with E-state index >= 15 is 0 Å². The van der Waals surface area contributed by atoms with E-state index in [0.29, 0.717) is 11.4 Å². The summed E-state index contributed by atoms with van der Waals surface area (Å²) in [6.07, 6.45) is 5.20. The maximum absolute atomic E-state index is 12.6. The second kappa shape index (κ2) is 10.1. The first-order chi connectivity index (χ1) is 12.6. The molecular weight excluding hydrogens is 361 g/mol. The summed E-state index contributed by atoms with van der Waals surface area (Å²) in [5.41, 5.74) is 1.80. The Labute approximate surface area is 160 Å². The Hall–Kier alpha value is -2.10. The van der Waals surface area contributed by atoms with Crippen LogP contribution < -0.4 is 10.6 Å². The van der Waals surface area contributed by atoms with E-state index in [1.165, 1.54) is 16.6 Å². The van der Waals surface area contributed by atoms with Crippen molar-refractivity contribution in [3.05, 3.63) is 71.0 Å². The molecule has 0 saturated heterocycles. The SMILES string of the molecule is CC.CP(C)c1cccc(C(=O)c2cnc(NCc3cccnc3)s2)c1. The molecule has 3 rings (SSSR count). The Kier molecular flexibility index (Phi) is 7.89. The maximum Gasteiger partial charge on any atom is 0.204 e. The lowest BCUT2D eigenvalue weighted by atomic mass is 10.1. The van der Waals surface area contributed by atoms with E-state index in [1.807, 2.05) is 50.4 Å². The van der Waals surface area contributed by atoms with Crippen molar-refractivity contribution in [2.24, 2.45) is 0 Å². The molecule has 136 valence electrons. The first kappa shape index (κ1) is 20.2. The average molecular weight is 385 g/mol. The van der Waals surface area contributed by atoms with Gasteiger partial charge in [-0.2, -0.15) is 0 Å². The molecule has 0 spiro atoms. The number of carbonyl (C=O) groups is 1. The zero-order chi connectivity index (χ0) is 18.9. The van der Waals surface area contributed by atoms with Crippen LogP contribution in [0.4, 0.5) is 5.13 Å². The predicted molar refractivity (Wildman–Crippen MR) is 113 cm³/mol. The second-order valence-electron chi connectivity index (χ2n) is 5.52.